The Morgan fingerprint density at radius 3 is 2.59 bits per heavy atom. The van der Waals surface area contributed by atoms with E-state index in [1.54, 1.807) is 11.3 Å². The van der Waals surface area contributed by atoms with Crippen molar-refractivity contribution in [3.05, 3.63) is 59.2 Å². The summed E-state index contributed by atoms with van der Waals surface area (Å²) in [6.07, 6.45) is 2.63. The van der Waals surface area contributed by atoms with Crippen molar-refractivity contribution in [2.24, 2.45) is 0 Å². The van der Waals surface area contributed by atoms with E-state index in [1.807, 2.05) is 23.1 Å². The third-order valence-electron chi connectivity index (χ3n) is 5.45. The number of hydrogen-bond donors (Lipinski definition) is 1. The molecular formula is C23H27N3O2S. The highest BCUT2D eigenvalue weighted by Gasteiger charge is 2.24. The van der Waals surface area contributed by atoms with Crippen molar-refractivity contribution in [3.63, 3.8) is 0 Å². The van der Waals surface area contributed by atoms with E-state index in [4.69, 9.17) is 9.72 Å². The molecule has 3 aromatic rings. The maximum Gasteiger partial charge on any atom is 0.317 e. The first-order valence-electron chi connectivity index (χ1n) is 10.2. The molecule has 152 valence electrons. The van der Waals surface area contributed by atoms with Crippen LogP contribution in [0.3, 0.4) is 0 Å². The standard InChI is InChI=1S/C23H27N3O2S/c1-16-8-9-17(2)21-20(16)25-23(29-21)28-19-11-14-26(15-12-19)22(27)24-13-10-18-6-4-3-5-7-18/h3-9,19H,10-15H2,1-2H3,(H,24,27). The second kappa shape index (κ2) is 8.82. The van der Waals surface area contributed by atoms with Crippen LogP contribution in [0.25, 0.3) is 10.2 Å². The number of piperidine rings is 1. The molecule has 0 radical (unpaired) electrons. The zero-order chi connectivity index (χ0) is 20.2. The SMILES string of the molecule is Cc1ccc(C)c2sc(OC3CCN(C(=O)NCCc4ccccc4)CC3)nc12. The lowest BCUT2D eigenvalue weighted by Gasteiger charge is -2.31. The van der Waals surface area contributed by atoms with Crippen LogP contribution in [0.15, 0.2) is 42.5 Å². The Balaban J connectivity index is 1.25. The maximum absolute atomic E-state index is 12.4. The molecule has 2 heterocycles. The van der Waals surface area contributed by atoms with Gasteiger partial charge < -0.3 is 15.0 Å². The highest BCUT2D eigenvalue weighted by molar-refractivity contribution is 7.20. The molecule has 5 nitrogen and oxygen atoms in total. The molecule has 29 heavy (non-hydrogen) atoms. The quantitative estimate of drug-likeness (QED) is 0.664. The third-order valence-corrected chi connectivity index (χ3v) is 6.53. The van der Waals surface area contributed by atoms with Gasteiger partial charge >= 0.3 is 6.03 Å². The molecule has 0 bridgehead atoms. The van der Waals surface area contributed by atoms with Crippen molar-refractivity contribution in [2.75, 3.05) is 19.6 Å². The number of carbonyl (C=O) groups excluding carboxylic acids is 1. The Bertz CT molecular complexity index is 939. The first-order valence-corrected chi connectivity index (χ1v) is 11.0. The number of likely N-dealkylation sites (tertiary alicyclic amines) is 1. The lowest BCUT2D eigenvalue weighted by molar-refractivity contribution is 0.111. The molecule has 1 aliphatic rings. The number of carbonyl (C=O) groups is 1. The maximum atomic E-state index is 12.4. The average Bonchev–Trinajstić information content (AvgIpc) is 3.17. The number of fused-ring (bicyclic) bond motifs is 1. The molecule has 0 unspecified atom stereocenters. The predicted molar refractivity (Wildman–Crippen MR) is 118 cm³/mol. The number of aryl methyl sites for hydroxylation is 2. The van der Waals surface area contributed by atoms with Gasteiger partial charge in [-0.3, -0.25) is 0 Å². The normalized spacial score (nSPS) is 14.9. The molecule has 4 rings (SSSR count). The van der Waals surface area contributed by atoms with Gasteiger partial charge in [0.15, 0.2) is 0 Å². The summed E-state index contributed by atoms with van der Waals surface area (Å²) in [4.78, 5) is 19.0. The van der Waals surface area contributed by atoms with Gasteiger partial charge in [-0.1, -0.05) is 53.8 Å². The van der Waals surface area contributed by atoms with E-state index in [-0.39, 0.29) is 12.1 Å². The molecule has 1 saturated heterocycles. The summed E-state index contributed by atoms with van der Waals surface area (Å²) in [5.74, 6) is 0. The van der Waals surface area contributed by atoms with Crippen LogP contribution in [-0.2, 0) is 6.42 Å². The second-order valence-electron chi connectivity index (χ2n) is 7.63. The number of nitrogens with one attached hydrogen (secondary N) is 1. The molecule has 2 amide bonds. The van der Waals surface area contributed by atoms with Crippen LogP contribution >= 0.6 is 11.3 Å². The molecule has 1 fully saturated rings. The number of ether oxygens (including phenoxy) is 1. The van der Waals surface area contributed by atoms with Gasteiger partial charge in [-0.25, -0.2) is 9.78 Å². The fourth-order valence-corrected chi connectivity index (χ4v) is 4.71. The number of aromatic nitrogens is 1. The zero-order valence-corrected chi connectivity index (χ0v) is 17.8. The molecule has 6 heteroatoms. The zero-order valence-electron chi connectivity index (χ0n) is 17.0. The number of amides is 2. The molecule has 2 aromatic carbocycles. The minimum Gasteiger partial charge on any atom is -0.467 e. The van der Waals surface area contributed by atoms with Gasteiger partial charge in [0.25, 0.3) is 5.19 Å². The molecule has 1 aliphatic heterocycles. The predicted octanol–water partition coefficient (Wildman–Crippen LogP) is 4.71. The van der Waals surface area contributed by atoms with Crippen molar-refractivity contribution >= 4 is 27.6 Å². The minimum absolute atomic E-state index is 0.0191. The second-order valence-corrected chi connectivity index (χ2v) is 8.59. The molecule has 0 aliphatic carbocycles. The Kier molecular flexibility index (Phi) is 6.00. The first-order chi connectivity index (χ1) is 14.1. The number of nitrogens with zero attached hydrogens (tertiary/aromatic N) is 2. The Morgan fingerprint density at radius 1 is 1.14 bits per heavy atom. The molecule has 1 aromatic heterocycles. The van der Waals surface area contributed by atoms with Gasteiger partial charge in [0.1, 0.15) is 6.10 Å². The van der Waals surface area contributed by atoms with Gasteiger partial charge in [-0.2, -0.15) is 0 Å². The summed E-state index contributed by atoms with van der Waals surface area (Å²) in [7, 11) is 0. The van der Waals surface area contributed by atoms with Crippen LogP contribution in [-0.4, -0.2) is 41.7 Å². The molecular weight excluding hydrogens is 382 g/mol. The average molecular weight is 410 g/mol. The number of hydrogen-bond acceptors (Lipinski definition) is 4. The number of benzene rings is 2. The van der Waals surface area contributed by atoms with Gasteiger partial charge in [0.05, 0.1) is 10.2 Å². The van der Waals surface area contributed by atoms with Gasteiger partial charge in [0, 0.05) is 32.5 Å². The van der Waals surface area contributed by atoms with Crippen LogP contribution in [0.4, 0.5) is 4.79 Å². The Hall–Kier alpha value is -2.60. The van der Waals surface area contributed by atoms with E-state index < -0.39 is 0 Å². The number of thiazole rings is 1. The lowest BCUT2D eigenvalue weighted by atomic mass is 10.1. The van der Waals surface area contributed by atoms with Crippen molar-refractivity contribution in [3.8, 4) is 5.19 Å². The van der Waals surface area contributed by atoms with Crippen molar-refractivity contribution < 1.29 is 9.53 Å². The smallest absolute Gasteiger partial charge is 0.317 e. The van der Waals surface area contributed by atoms with E-state index >= 15 is 0 Å². The summed E-state index contributed by atoms with van der Waals surface area (Å²) in [6.45, 7) is 6.28. The van der Waals surface area contributed by atoms with Crippen LogP contribution in [0.5, 0.6) is 5.19 Å². The highest BCUT2D eigenvalue weighted by Crippen LogP contribution is 2.33. The summed E-state index contributed by atoms with van der Waals surface area (Å²) in [5.41, 5.74) is 4.69. The summed E-state index contributed by atoms with van der Waals surface area (Å²) in [6, 6.07) is 14.5. The van der Waals surface area contributed by atoms with Crippen LogP contribution < -0.4 is 10.1 Å². The topological polar surface area (TPSA) is 54.5 Å². The molecule has 1 N–H and O–H groups in total. The van der Waals surface area contributed by atoms with Crippen LogP contribution in [0.1, 0.15) is 29.5 Å². The lowest BCUT2D eigenvalue weighted by Crippen LogP contribution is -2.46. The summed E-state index contributed by atoms with van der Waals surface area (Å²) in [5, 5.41) is 3.77. The highest BCUT2D eigenvalue weighted by atomic mass is 32.1. The monoisotopic (exact) mass is 409 g/mol. The van der Waals surface area contributed by atoms with E-state index in [0.717, 1.165) is 30.0 Å². The largest absolute Gasteiger partial charge is 0.467 e. The summed E-state index contributed by atoms with van der Waals surface area (Å²) >= 11 is 1.62. The van der Waals surface area contributed by atoms with Gasteiger partial charge in [0.2, 0.25) is 0 Å². The molecule has 0 spiro atoms. The first kappa shape index (κ1) is 19.7. The van der Waals surface area contributed by atoms with E-state index in [2.05, 4.69) is 43.4 Å². The Morgan fingerprint density at radius 2 is 1.86 bits per heavy atom. The minimum atomic E-state index is 0.0191. The third kappa shape index (κ3) is 4.70. The van der Waals surface area contributed by atoms with E-state index in [1.165, 1.54) is 21.4 Å². The summed E-state index contributed by atoms with van der Waals surface area (Å²) < 4.78 is 7.37. The molecule has 0 atom stereocenters. The Labute approximate surface area is 175 Å². The van der Waals surface area contributed by atoms with E-state index in [9.17, 15) is 4.79 Å². The fraction of sp³-hybridized carbons (Fsp3) is 0.391. The van der Waals surface area contributed by atoms with Crippen molar-refractivity contribution in [1.29, 1.82) is 0 Å². The van der Waals surface area contributed by atoms with Crippen LogP contribution in [0.2, 0.25) is 0 Å². The number of urea groups is 1. The van der Waals surface area contributed by atoms with Crippen LogP contribution in [0, 0.1) is 13.8 Å². The fourth-order valence-electron chi connectivity index (χ4n) is 3.68. The van der Waals surface area contributed by atoms with Crippen molar-refractivity contribution in [2.45, 2.75) is 39.2 Å². The number of rotatable bonds is 5. The van der Waals surface area contributed by atoms with Gasteiger partial charge in [-0.05, 0) is 37.0 Å². The van der Waals surface area contributed by atoms with Crippen molar-refractivity contribution in [1.82, 2.24) is 15.2 Å². The van der Waals surface area contributed by atoms with E-state index in [0.29, 0.717) is 19.6 Å². The van der Waals surface area contributed by atoms with Gasteiger partial charge in [-0.15, -0.1) is 0 Å². The molecule has 0 saturated carbocycles.